The summed E-state index contributed by atoms with van der Waals surface area (Å²) in [6.07, 6.45) is 4.91. The molecule has 0 radical (unpaired) electrons. The van der Waals surface area contributed by atoms with Gasteiger partial charge in [-0.05, 0) is 54.3 Å². The fraction of sp³-hybridized carbons (Fsp3) is 0.118. The van der Waals surface area contributed by atoms with E-state index in [0.29, 0.717) is 23.5 Å². The summed E-state index contributed by atoms with van der Waals surface area (Å²) >= 11 is 0. The molecule has 0 bridgehead atoms. The van der Waals surface area contributed by atoms with Gasteiger partial charge in [0, 0.05) is 0 Å². The molecule has 0 aromatic heterocycles. The summed E-state index contributed by atoms with van der Waals surface area (Å²) < 4.78 is 0. The highest BCUT2D eigenvalue weighted by molar-refractivity contribution is 5.63. The number of aliphatic imine (C=N–C) groups is 3. The lowest BCUT2D eigenvalue weighted by Crippen LogP contribution is -1.92. The van der Waals surface area contributed by atoms with Crippen molar-refractivity contribution in [2.45, 2.75) is 13.3 Å². The van der Waals surface area contributed by atoms with Crippen LogP contribution in [0.15, 0.2) is 51.4 Å². The first-order valence-electron chi connectivity index (χ1n) is 6.64. The number of carbonyl (C=O) groups excluding carboxylic acids is 3. The van der Waals surface area contributed by atoms with Crippen LogP contribution in [0.5, 0.6) is 0 Å². The standard InChI is InChI=1S/C17H11N3O3/c1-12-2-4-15(18-9-21)7-14(12)6-13-3-5-16(19-10-22)8-17(13)20-11-23/h2-5,7-8H,6H2,1H3. The van der Waals surface area contributed by atoms with Crippen LogP contribution in [0.3, 0.4) is 0 Å². The third-order valence-corrected chi connectivity index (χ3v) is 3.30. The molecule has 0 heterocycles. The first kappa shape index (κ1) is 16.0. The van der Waals surface area contributed by atoms with E-state index in [4.69, 9.17) is 0 Å². The van der Waals surface area contributed by atoms with Gasteiger partial charge in [-0.1, -0.05) is 12.1 Å². The zero-order chi connectivity index (χ0) is 16.7. The third kappa shape index (κ3) is 4.03. The average molecular weight is 305 g/mol. The van der Waals surface area contributed by atoms with Crippen molar-refractivity contribution in [1.29, 1.82) is 0 Å². The Morgan fingerprint density at radius 1 is 0.783 bits per heavy atom. The number of rotatable bonds is 5. The molecular weight excluding hydrogens is 294 g/mol. The molecule has 0 amide bonds. The van der Waals surface area contributed by atoms with E-state index in [2.05, 4.69) is 15.0 Å². The molecule has 2 aromatic rings. The molecule has 0 atom stereocenters. The predicted molar refractivity (Wildman–Crippen MR) is 83.8 cm³/mol. The number of isocyanates is 3. The summed E-state index contributed by atoms with van der Waals surface area (Å²) in [4.78, 5) is 42.0. The third-order valence-electron chi connectivity index (χ3n) is 3.30. The smallest absolute Gasteiger partial charge is 0.211 e. The van der Waals surface area contributed by atoms with Gasteiger partial charge in [0.25, 0.3) is 0 Å². The minimum atomic E-state index is 0.355. The highest BCUT2D eigenvalue weighted by Gasteiger charge is 2.08. The van der Waals surface area contributed by atoms with Crippen molar-refractivity contribution < 1.29 is 14.4 Å². The van der Waals surface area contributed by atoms with Crippen LogP contribution in [0.1, 0.15) is 16.7 Å². The summed E-state index contributed by atoms with van der Waals surface area (Å²) in [6.45, 7) is 1.93. The number of hydrogen-bond donors (Lipinski definition) is 0. The van der Waals surface area contributed by atoms with Gasteiger partial charge in [-0.3, -0.25) is 0 Å². The van der Waals surface area contributed by atoms with Gasteiger partial charge in [0.2, 0.25) is 18.2 Å². The molecule has 0 fully saturated rings. The number of benzene rings is 2. The summed E-state index contributed by atoms with van der Waals surface area (Å²) in [5, 5.41) is 0. The Morgan fingerprint density at radius 3 is 2.04 bits per heavy atom. The molecule has 0 unspecified atom stereocenters. The van der Waals surface area contributed by atoms with Crippen LogP contribution < -0.4 is 0 Å². The maximum absolute atomic E-state index is 10.6. The lowest BCUT2D eigenvalue weighted by Gasteiger charge is -2.09. The molecule has 2 aromatic carbocycles. The lowest BCUT2D eigenvalue weighted by molar-refractivity contribution is 0.564. The Hall–Kier alpha value is -3.42. The molecule has 112 valence electrons. The second kappa shape index (κ2) is 7.55. The molecule has 23 heavy (non-hydrogen) atoms. The molecular formula is C17H11N3O3. The quantitative estimate of drug-likeness (QED) is 0.625. The van der Waals surface area contributed by atoms with E-state index in [1.54, 1.807) is 24.3 Å². The van der Waals surface area contributed by atoms with Gasteiger partial charge in [0.1, 0.15) is 0 Å². The molecule has 0 aliphatic carbocycles. The second-order valence-corrected chi connectivity index (χ2v) is 4.71. The molecule has 0 saturated carbocycles. The fourth-order valence-electron chi connectivity index (χ4n) is 2.15. The van der Waals surface area contributed by atoms with Crippen LogP contribution in [0, 0.1) is 6.92 Å². The average Bonchev–Trinajstić information content (AvgIpc) is 2.54. The molecule has 0 spiro atoms. The van der Waals surface area contributed by atoms with Gasteiger partial charge in [-0.2, -0.15) is 15.0 Å². The molecule has 0 N–H and O–H groups in total. The predicted octanol–water partition coefficient (Wildman–Crippen LogP) is 3.49. The van der Waals surface area contributed by atoms with Gasteiger partial charge in [0.15, 0.2) is 0 Å². The first-order chi connectivity index (χ1) is 11.2. The van der Waals surface area contributed by atoms with Crippen molar-refractivity contribution in [3.05, 3.63) is 53.1 Å². The van der Waals surface area contributed by atoms with Gasteiger partial charge in [-0.25, -0.2) is 14.4 Å². The van der Waals surface area contributed by atoms with E-state index >= 15 is 0 Å². The van der Waals surface area contributed by atoms with E-state index in [1.807, 2.05) is 13.0 Å². The van der Waals surface area contributed by atoms with E-state index in [0.717, 1.165) is 16.7 Å². The molecule has 0 aliphatic heterocycles. The summed E-state index contributed by atoms with van der Waals surface area (Å²) in [7, 11) is 0. The van der Waals surface area contributed by atoms with Crippen molar-refractivity contribution in [2.24, 2.45) is 15.0 Å². The van der Waals surface area contributed by atoms with Crippen LogP contribution >= 0.6 is 0 Å². The van der Waals surface area contributed by atoms with Crippen molar-refractivity contribution in [2.75, 3.05) is 0 Å². The first-order valence-corrected chi connectivity index (χ1v) is 6.64. The number of aryl methyl sites for hydroxylation is 1. The van der Waals surface area contributed by atoms with Gasteiger partial charge in [0.05, 0.1) is 17.1 Å². The van der Waals surface area contributed by atoms with E-state index < -0.39 is 0 Å². The van der Waals surface area contributed by atoms with Crippen molar-refractivity contribution in [1.82, 2.24) is 0 Å². The van der Waals surface area contributed by atoms with E-state index in [9.17, 15) is 14.4 Å². The van der Waals surface area contributed by atoms with Crippen LogP contribution in [-0.4, -0.2) is 18.2 Å². The number of nitrogens with zero attached hydrogens (tertiary/aromatic N) is 3. The highest BCUT2D eigenvalue weighted by Crippen LogP contribution is 2.29. The Labute approximate surface area is 131 Å². The summed E-state index contributed by atoms with van der Waals surface area (Å²) in [5.41, 5.74) is 3.92. The van der Waals surface area contributed by atoms with Crippen LogP contribution in [-0.2, 0) is 20.8 Å². The largest absolute Gasteiger partial charge is 0.240 e. The lowest BCUT2D eigenvalue weighted by atomic mass is 9.98. The topological polar surface area (TPSA) is 88.3 Å². The van der Waals surface area contributed by atoms with Crippen LogP contribution in [0.2, 0.25) is 0 Å². The molecule has 6 nitrogen and oxygen atoms in total. The molecule has 2 rings (SSSR count). The van der Waals surface area contributed by atoms with Gasteiger partial charge < -0.3 is 0 Å². The van der Waals surface area contributed by atoms with Crippen molar-refractivity contribution >= 4 is 35.3 Å². The fourth-order valence-corrected chi connectivity index (χ4v) is 2.15. The summed E-state index contributed by atoms with van der Waals surface area (Å²) in [5.74, 6) is 0. The SMILES string of the molecule is Cc1ccc(N=C=O)cc1Cc1ccc(N=C=O)cc1N=C=O. The van der Waals surface area contributed by atoms with E-state index in [1.165, 1.54) is 24.3 Å². The maximum Gasteiger partial charge on any atom is 0.240 e. The normalized spacial score (nSPS) is 9.26. The minimum absolute atomic E-state index is 0.355. The zero-order valence-corrected chi connectivity index (χ0v) is 12.2. The van der Waals surface area contributed by atoms with E-state index in [-0.39, 0.29) is 0 Å². The highest BCUT2D eigenvalue weighted by atomic mass is 16.1. The Kier molecular flexibility index (Phi) is 5.24. The Bertz CT molecular complexity index is 886. The molecule has 0 saturated heterocycles. The molecule has 0 aliphatic rings. The second-order valence-electron chi connectivity index (χ2n) is 4.71. The number of hydrogen-bond acceptors (Lipinski definition) is 6. The molecule has 6 heteroatoms. The van der Waals surface area contributed by atoms with Crippen LogP contribution in [0.25, 0.3) is 0 Å². The van der Waals surface area contributed by atoms with Crippen LogP contribution in [0.4, 0.5) is 17.1 Å². The maximum atomic E-state index is 10.6. The van der Waals surface area contributed by atoms with Gasteiger partial charge in [-0.15, -0.1) is 0 Å². The zero-order valence-electron chi connectivity index (χ0n) is 12.2. The minimum Gasteiger partial charge on any atom is -0.211 e. The summed E-state index contributed by atoms with van der Waals surface area (Å²) in [6, 6.07) is 10.2. The Morgan fingerprint density at radius 2 is 1.39 bits per heavy atom. The monoisotopic (exact) mass is 305 g/mol. The van der Waals surface area contributed by atoms with Crippen molar-refractivity contribution in [3.8, 4) is 0 Å². The Balaban J connectivity index is 2.47. The van der Waals surface area contributed by atoms with Gasteiger partial charge >= 0.3 is 0 Å². The van der Waals surface area contributed by atoms with Crippen molar-refractivity contribution in [3.63, 3.8) is 0 Å².